The first-order valence-electron chi connectivity index (χ1n) is 6.11. The number of nitrogens with one attached hydrogen (secondary N) is 1. The van der Waals surface area contributed by atoms with Crippen LogP contribution < -0.4 is 10.1 Å². The number of hydrogen-bond donors (Lipinski definition) is 1. The first kappa shape index (κ1) is 13.2. The van der Waals surface area contributed by atoms with Gasteiger partial charge in [0.2, 0.25) is 0 Å². The van der Waals surface area contributed by atoms with Crippen LogP contribution in [-0.2, 0) is 6.54 Å². The van der Waals surface area contributed by atoms with Crippen LogP contribution in [0.2, 0.25) is 0 Å². The van der Waals surface area contributed by atoms with E-state index in [1.54, 1.807) is 18.2 Å². The highest BCUT2D eigenvalue weighted by Gasteiger charge is 2.32. The second-order valence-corrected chi connectivity index (χ2v) is 4.52. The van der Waals surface area contributed by atoms with Crippen molar-refractivity contribution >= 4 is 0 Å². The molecule has 0 unspecified atom stereocenters. The van der Waals surface area contributed by atoms with Gasteiger partial charge in [0.25, 0.3) is 0 Å². The normalized spacial score (nSPS) is 17.1. The van der Waals surface area contributed by atoms with Crippen molar-refractivity contribution in [2.24, 2.45) is 0 Å². The van der Waals surface area contributed by atoms with Crippen LogP contribution in [0.4, 0.5) is 13.2 Å². The lowest BCUT2D eigenvalue weighted by molar-refractivity contribution is -0.274. The van der Waals surface area contributed by atoms with Crippen LogP contribution in [0.5, 0.6) is 5.75 Å². The zero-order chi connectivity index (χ0) is 13.0. The lowest BCUT2D eigenvalue weighted by Crippen LogP contribution is -2.26. The summed E-state index contributed by atoms with van der Waals surface area (Å²) in [6, 6.07) is 6.68. The molecule has 0 spiro atoms. The number of alkyl halides is 3. The predicted molar refractivity (Wildman–Crippen MR) is 62.2 cm³/mol. The maximum absolute atomic E-state index is 12.2. The van der Waals surface area contributed by atoms with E-state index >= 15 is 0 Å². The Hall–Kier alpha value is -1.23. The van der Waals surface area contributed by atoms with Gasteiger partial charge in [0.15, 0.2) is 0 Å². The van der Waals surface area contributed by atoms with Crippen LogP contribution >= 0.6 is 0 Å². The van der Waals surface area contributed by atoms with E-state index in [1.807, 2.05) is 0 Å². The molecule has 0 aromatic heterocycles. The zero-order valence-electron chi connectivity index (χ0n) is 9.96. The summed E-state index contributed by atoms with van der Waals surface area (Å²) in [5, 5.41) is 3.28. The van der Waals surface area contributed by atoms with E-state index in [2.05, 4.69) is 10.1 Å². The smallest absolute Gasteiger partial charge is 0.405 e. The van der Waals surface area contributed by atoms with Gasteiger partial charge in [-0.15, -0.1) is 13.2 Å². The lowest BCUT2D eigenvalue weighted by Gasteiger charge is -2.16. The Labute approximate surface area is 104 Å². The van der Waals surface area contributed by atoms with E-state index in [0.29, 0.717) is 18.2 Å². The highest BCUT2D eigenvalue weighted by Crippen LogP contribution is 2.26. The van der Waals surface area contributed by atoms with Gasteiger partial charge < -0.3 is 10.1 Å². The lowest BCUT2D eigenvalue weighted by atomic mass is 10.1. The third kappa shape index (κ3) is 3.91. The average molecular weight is 259 g/mol. The topological polar surface area (TPSA) is 21.3 Å². The van der Waals surface area contributed by atoms with Crippen LogP contribution in [0, 0.1) is 0 Å². The second-order valence-electron chi connectivity index (χ2n) is 4.52. The Morgan fingerprint density at radius 1 is 1.17 bits per heavy atom. The number of hydrogen-bond acceptors (Lipinski definition) is 2. The molecule has 0 bridgehead atoms. The fourth-order valence-corrected chi connectivity index (χ4v) is 2.26. The summed E-state index contributed by atoms with van der Waals surface area (Å²) < 4.78 is 40.7. The standard InChI is InChI=1S/C13H16F3NO/c14-13(15,16)18-12-8-4-1-5-10(12)9-17-11-6-2-3-7-11/h1,4-5,8,11,17H,2-3,6-7,9H2. The van der Waals surface area contributed by atoms with Crippen molar-refractivity contribution in [3.8, 4) is 5.75 Å². The number of rotatable bonds is 4. The minimum Gasteiger partial charge on any atom is -0.405 e. The molecule has 18 heavy (non-hydrogen) atoms. The molecule has 0 radical (unpaired) electrons. The van der Waals surface area contributed by atoms with Gasteiger partial charge in [-0.25, -0.2) is 0 Å². The molecule has 0 aliphatic heterocycles. The van der Waals surface area contributed by atoms with Gasteiger partial charge in [0, 0.05) is 18.2 Å². The molecular weight excluding hydrogens is 243 g/mol. The average Bonchev–Trinajstić information content (AvgIpc) is 2.79. The van der Waals surface area contributed by atoms with E-state index in [4.69, 9.17) is 0 Å². The molecule has 0 atom stereocenters. The molecule has 1 aromatic carbocycles. The maximum Gasteiger partial charge on any atom is 0.573 e. The predicted octanol–water partition coefficient (Wildman–Crippen LogP) is 3.62. The van der Waals surface area contributed by atoms with Crippen LogP contribution in [-0.4, -0.2) is 12.4 Å². The van der Waals surface area contributed by atoms with Crippen LogP contribution in [0.25, 0.3) is 0 Å². The van der Waals surface area contributed by atoms with Crippen LogP contribution in [0.3, 0.4) is 0 Å². The van der Waals surface area contributed by atoms with Crippen molar-refractivity contribution in [3.63, 3.8) is 0 Å². The summed E-state index contributed by atoms with van der Waals surface area (Å²) in [6.45, 7) is 0.414. The fraction of sp³-hybridized carbons (Fsp3) is 0.538. The molecule has 1 saturated carbocycles. The highest BCUT2D eigenvalue weighted by molar-refractivity contribution is 5.33. The molecule has 1 aliphatic carbocycles. The fourth-order valence-electron chi connectivity index (χ4n) is 2.26. The number of benzene rings is 1. The van der Waals surface area contributed by atoms with E-state index in [9.17, 15) is 13.2 Å². The molecule has 0 heterocycles. The van der Waals surface area contributed by atoms with E-state index < -0.39 is 6.36 Å². The van der Waals surface area contributed by atoms with Gasteiger partial charge in [-0.05, 0) is 18.9 Å². The van der Waals surface area contributed by atoms with E-state index in [-0.39, 0.29) is 5.75 Å². The summed E-state index contributed by atoms with van der Waals surface area (Å²) in [4.78, 5) is 0. The van der Waals surface area contributed by atoms with Gasteiger partial charge in [-0.2, -0.15) is 0 Å². The first-order chi connectivity index (χ1) is 8.54. The Balaban J connectivity index is 1.98. The first-order valence-corrected chi connectivity index (χ1v) is 6.11. The third-order valence-electron chi connectivity index (χ3n) is 3.13. The van der Waals surface area contributed by atoms with Crippen molar-refractivity contribution in [1.29, 1.82) is 0 Å². The zero-order valence-corrected chi connectivity index (χ0v) is 9.96. The molecule has 0 amide bonds. The summed E-state index contributed by atoms with van der Waals surface area (Å²) in [5.41, 5.74) is 0.543. The van der Waals surface area contributed by atoms with Crippen molar-refractivity contribution < 1.29 is 17.9 Å². The van der Waals surface area contributed by atoms with Crippen molar-refractivity contribution in [2.75, 3.05) is 0 Å². The third-order valence-corrected chi connectivity index (χ3v) is 3.13. The van der Waals surface area contributed by atoms with Crippen molar-refractivity contribution in [1.82, 2.24) is 5.32 Å². The minimum atomic E-state index is -4.64. The molecule has 0 saturated heterocycles. The summed E-state index contributed by atoms with van der Waals surface area (Å²) in [6.07, 6.45) is -0.0508. The van der Waals surface area contributed by atoms with E-state index in [0.717, 1.165) is 12.8 Å². The summed E-state index contributed by atoms with van der Waals surface area (Å²) >= 11 is 0. The number of ether oxygens (including phenoxy) is 1. The number of para-hydroxylation sites is 1. The van der Waals surface area contributed by atoms with Gasteiger partial charge in [0.05, 0.1) is 0 Å². The highest BCUT2D eigenvalue weighted by atomic mass is 19.4. The largest absolute Gasteiger partial charge is 0.573 e. The monoisotopic (exact) mass is 259 g/mol. The number of halogens is 3. The molecule has 1 fully saturated rings. The molecule has 5 heteroatoms. The molecular formula is C13H16F3NO. The molecule has 1 aromatic rings. The SMILES string of the molecule is FC(F)(F)Oc1ccccc1CNC1CCCC1. The minimum absolute atomic E-state index is 0.115. The van der Waals surface area contributed by atoms with Gasteiger partial charge in [0.1, 0.15) is 5.75 Å². The molecule has 2 nitrogen and oxygen atoms in total. The summed E-state index contributed by atoms with van der Waals surface area (Å²) in [7, 11) is 0. The molecule has 1 N–H and O–H groups in total. The second kappa shape index (κ2) is 5.61. The van der Waals surface area contributed by atoms with Crippen LogP contribution in [0.15, 0.2) is 24.3 Å². The quantitative estimate of drug-likeness (QED) is 0.891. The van der Waals surface area contributed by atoms with Gasteiger partial charge >= 0.3 is 6.36 Å². The van der Waals surface area contributed by atoms with Crippen molar-refractivity contribution in [2.45, 2.75) is 44.6 Å². The maximum atomic E-state index is 12.2. The molecule has 1 aliphatic rings. The van der Waals surface area contributed by atoms with Crippen molar-refractivity contribution in [3.05, 3.63) is 29.8 Å². The van der Waals surface area contributed by atoms with Gasteiger partial charge in [-0.1, -0.05) is 31.0 Å². The molecule has 100 valence electrons. The Morgan fingerprint density at radius 3 is 2.50 bits per heavy atom. The van der Waals surface area contributed by atoms with Gasteiger partial charge in [-0.3, -0.25) is 0 Å². The Morgan fingerprint density at radius 2 is 1.83 bits per heavy atom. The molecule has 2 rings (SSSR count). The van der Waals surface area contributed by atoms with E-state index in [1.165, 1.54) is 18.9 Å². The Kier molecular flexibility index (Phi) is 4.11. The van der Waals surface area contributed by atoms with Crippen LogP contribution in [0.1, 0.15) is 31.2 Å². The summed E-state index contributed by atoms with van der Waals surface area (Å²) in [5.74, 6) is -0.115. The Bertz CT molecular complexity index is 386.